The molecule has 0 atom stereocenters. The number of alkyl halides is 6. The molecule has 16 heteroatoms. The molecular formula is C20H20F6N4O5S. The Morgan fingerprint density at radius 1 is 1.03 bits per heavy atom. The number of amides is 1. The Morgan fingerprint density at radius 3 is 2.06 bits per heavy atom. The molecule has 0 spiro atoms. The van der Waals surface area contributed by atoms with Crippen LogP contribution in [0.5, 0.6) is 0 Å². The maximum atomic E-state index is 12.6. The molecule has 36 heavy (non-hydrogen) atoms. The highest BCUT2D eigenvalue weighted by Crippen LogP contribution is 2.24. The quantitative estimate of drug-likeness (QED) is 0.401. The zero-order valence-corrected chi connectivity index (χ0v) is 19.1. The van der Waals surface area contributed by atoms with Crippen LogP contribution in [0.25, 0.3) is 0 Å². The highest BCUT2D eigenvalue weighted by Gasteiger charge is 2.39. The Morgan fingerprint density at radius 2 is 1.58 bits per heavy atom. The third-order valence-electron chi connectivity index (χ3n) is 4.77. The first-order valence-corrected chi connectivity index (χ1v) is 10.9. The van der Waals surface area contributed by atoms with E-state index in [-0.39, 0.29) is 5.91 Å². The summed E-state index contributed by atoms with van der Waals surface area (Å²) in [6.45, 7) is 4.14. The van der Waals surface area contributed by atoms with Crippen LogP contribution in [0.4, 0.5) is 26.3 Å². The van der Waals surface area contributed by atoms with Gasteiger partial charge in [0.25, 0.3) is 5.91 Å². The van der Waals surface area contributed by atoms with Gasteiger partial charge in [0.2, 0.25) is 0 Å². The van der Waals surface area contributed by atoms with Gasteiger partial charge in [-0.2, -0.15) is 31.4 Å². The molecule has 0 bridgehead atoms. The van der Waals surface area contributed by atoms with Crippen molar-refractivity contribution in [3.8, 4) is 0 Å². The van der Waals surface area contributed by atoms with Crippen LogP contribution in [0.2, 0.25) is 0 Å². The molecule has 198 valence electrons. The summed E-state index contributed by atoms with van der Waals surface area (Å²) in [5.41, 5.74) is 2.81. The van der Waals surface area contributed by atoms with Crippen LogP contribution < -0.4 is 0 Å². The van der Waals surface area contributed by atoms with Crippen molar-refractivity contribution in [2.45, 2.75) is 31.9 Å². The van der Waals surface area contributed by atoms with Crippen molar-refractivity contribution in [2.75, 3.05) is 19.6 Å². The highest BCUT2D eigenvalue weighted by molar-refractivity contribution is 7.09. The van der Waals surface area contributed by atoms with Crippen LogP contribution in [0.1, 0.15) is 26.6 Å². The number of rotatable bonds is 3. The number of thiophene rings is 1. The summed E-state index contributed by atoms with van der Waals surface area (Å²) >= 11 is 1.78. The van der Waals surface area contributed by atoms with Gasteiger partial charge in [0, 0.05) is 55.3 Å². The summed E-state index contributed by atoms with van der Waals surface area (Å²) in [5, 5.41) is 23.7. The third-order valence-corrected chi connectivity index (χ3v) is 5.63. The highest BCUT2D eigenvalue weighted by atomic mass is 32.1. The fourth-order valence-electron chi connectivity index (χ4n) is 3.08. The van der Waals surface area contributed by atoms with Crippen LogP contribution in [0.3, 0.4) is 0 Å². The number of nitrogens with zero attached hydrogens (tertiary/aromatic N) is 3. The van der Waals surface area contributed by atoms with Gasteiger partial charge in [0.15, 0.2) is 5.69 Å². The zero-order valence-electron chi connectivity index (χ0n) is 18.3. The predicted octanol–water partition coefficient (Wildman–Crippen LogP) is 3.31. The number of halogens is 6. The molecule has 2 aliphatic rings. The van der Waals surface area contributed by atoms with Gasteiger partial charge in [0.05, 0.1) is 0 Å². The van der Waals surface area contributed by atoms with E-state index < -0.39 is 24.3 Å². The molecule has 2 aliphatic heterocycles. The smallest absolute Gasteiger partial charge is 0.475 e. The van der Waals surface area contributed by atoms with Gasteiger partial charge < -0.3 is 15.1 Å². The SMILES string of the molecule is O=C(O)C(F)(F)F.O=C(O)C(F)(F)F.O=C(c1n[nH]c2c1CN(Cc1cccs1)CC2)N1CC=CC1. The van der Waals surface area contributed by atoms with E-state index in [9.17, 15) is 31.1 Å². The maximum absolute atomic E-state index is 12.6. The van der Waals surface area contributed by atoms with Crippen molar-refractivity contribution in [1.82, 2.24) is 20.0 Å². The van der Waals surface area contributed by atoms with E-state index in [4.69, 9.17) is 19.8 Å². The molecule has 0 aliphatic carbocycles. The lowest BCUT2D eigenvalue weighted by molar-refractivity contribution is -0.193. The summed E-state index contributed by atoms with van der Waals surface area (Å²) in [4.78, 5) is 36.0. The van der Waals surface area contributed by atoms with Crippen LogP contribution in [0, 0.1) is 0 Å². The first-order valence-electron chi connectivity index (χ1n) is 10.1. The number of hydrogen-bond donors (Lipinski definition) is 3. The van der Waals surface area contributed by atoms with E-state index in [0.717, 1.165) is 37.3 Å². The van der Waals surface area contributed by atoms with Crippen molar-refractivity contribution >= 4 is 29.2 Å². The van der Waals surface area contributed by atoms with Gasteiger partial charge in [-0.05, 0) is 11.4 Å². The first kappa shape index (κ1) is 28.8. The second-order valence-electron chi connectivity index (χ2n) is 7.36. The Hall–Kier alpha value is -3.40. The molecule has 0 unspecified atom stereocenters. The van der Waals surface area contributed by atoms with Gasteiger partial charge in [0.1, 0.15) is 0 Å². The average Bonchev–Trinajstić information content (AvgIpc) is 3.55. The summed E-state index contributed by atoms with van der Waals surface area (Å²) < 4.78 is 63.5. The fraction of sp³-hybridized carbons (Fsp3) is 0.400. The summed E-state index contributed by atoms with van der Waals surface area (Å²) in [6, 6.07) is 4.25. The second kappa shape index (κ2) is 12.0. The number of H-pyrrole nitrogens is 1. The molecule has 2 aromatic rings. The van der Waals surface area contributed by atoms with Crippen molar-refractivity contribution in [3.63, 3.8) is 0 Å². The number of carboxylic acid groups (broad SMARTS) is 2. The van der Waals surface area contributed by atoms with Crippen molar-refractivity contribution < 1.29 is 50.9 Å². The Bertz CT molecular complexity index is 1050. The van der Waals surface area contributed by atoms with Gasteiger partial charge in [-0.3, -0.25) is 14.8 Å². The monoisotopic (exact) mass is 542 g/mol. The largest absolute Gasteiger partial charge is 0.490 e. The topological polar surface area (TPSA) is 127 Å². The number of carbonyl (C=O) groups excluding carboxylic acids is 1. The van der Waals surface area contributed by atoms with E-state index >= 15 is 0 Å². The molecule has 1 amide bonds. The van der Waals surface area contributed by atoms with E-state index in [1.807, 2.05) is 17.1 Å². The van der Waals surface area contributed by atoms with E-state index in [2.05, 4.69) is 32.6 Å². The molecule has 0 aromatic carbocycles. The van der Waals surface area contributed by atoms with Gasteiger partial charge >= 0.3 is 24.3 Å². The van der Waals surface area contributed by atoms with Gasteiger partial charge in [-0.25, -0.2) is 9.59 Å². The fourth-order valence-corrected chi connectivity index (χ4v) is 3.83. The summed E-state index contributed by atoms with van der Waals surface area (Å²) in [6.07, 6.45) is -5.18. The lowest BCUT2D eigenvalue weighted by Crippen LogP contribution is -2.33. The lowest BCUT2D eigenvalue weighted by Gasteiger charge is -2.26. The normalized spacial score (nSPS) is 15.3. The number of aromatic nitrogens is 2. The number of carboxylic acids is 2. The van der Waals surface area contributed by atoms with Crippen LogP contribution >= 0.6 is 11.3 Å². The van der Waals surface area contributed by atoms with E-state index in [1.165, 1.54) is 4.88 Å². The molecular weight excluding hydrogens is 522 g/mol. The first-order chi connectivity index (χ1) is 16.7. The Labute approximate surface area is 203 Å². The number of aliphatic carboxylic acids is 2. The molecule has 3 N–H and O–H groups in total. The number of fused-ring (bicyclic) bond motifs is 1. The molecule has 9 nitrogen and oxygen atoms in total. The van der Waals surface area contributed by atoms with Crippen LogP contribution in [-0.2, 0) is 29.1 Å². The zero-order chi connectivity index (χ0) is 27.1. The lowest BCUT2D eigenvalue weighted by atomic mass is 10.0. The molecule has 0 saturated heterocycles. The number of carbonyl (C=O) groups is 3. The van der Waals surface area contributed by atoms with Crippen LogP contribution in [-0.4, -0.2) is 80.0 Å². The van der Waals surface area contributed by atoms with Crippen LogP contribution in [0.15, 0.2) is 29.7 Å². The average molecular weight is 542 g/mol. The molecule has 0 fully saturated rings. The number of hydrogen-bond acceptors (Lipinski definition) is 6. The minimum absolute atomic E-state index is 0.0421. The maximum Gasteiger partial charge on any atom is 0.490 e. The second-order valence-corrected chi connectivity index (χ2v) is 8.39. The Balaban J connectivity index is 0.000000271. The number of nitrogens with one attached hydrogen (secondary N) is 1. The standard InChI is InChI=1S/C16H18N4OS.2C2HF3O2/c21-16(20-6-1-2-7-20)15-13-11-19(8-5-14(13)17-18-15)10-12-4-3-9-22-12;2*3-2(4,5)1(6)7/h1-4,9H,5-8,10-11H2,(H,17,18);2*(H,6,7). The van der Waals surface area contributed by atoms with E-state index in [0.29, 0.717) is 18.8 Å². The molecule has 0 saturated carbocycles. The van der Waals surface area contributed by atoms with Crippen molar-refractivity contribution in [3.05, 3.63) is 51.5 Å². The molecule has 2 aromatic heterocycles. The van der Waals surface area contributed by atoms with E-state index in [1.54, 1.807) is 11.3 Å². The predicted molar refractivity (Wildman–Crippen MR) is 113 cm³/mol. The summed E-state index contributed by atoms with van der Waals surface area (Å²) in [5.74, 6) is -5.47. The minimum atomic E-state index is -5.08. The van der Waals surface area contributed by atoms with Crippen molar-refractivity contribution in [1.29, 1.82) is 0 Å². The minimum Gasteiger partial charge on any atom is -0.475 e. The molecule has 4 rings (SSSR count). The number of aromatic amines is 1. The van der Waals surface area contributed by atoms with Crippen molar-refractivity contribution in [2.24, 2.45) is 0 Å². The molecule has 0 radical (unpaired) electrons. The molecule has 4 heterocycles. The summed E-state index contributed by atoms with van der Waals surface area (Å²) in [7, 11) is 0. The van der Waals surface area contributed by atoms with Gasteiger partial charge in [-0.1, -0.05) is 18.2 Å². The Kier molecular flexibility index (Phi) is 9.63. The van der Waals surface area contributed by atoms with Gasteiger partial charge in [-0.15, -0.1) is 11.3 Å². The third kappa shape index (κ3) is 8.37.